The largest absolute Gasteiger partial charge is 0.507 e. The summed E-state index contributed by atoms with van der Waals surface area (Å²) in [6.07, 6.45) is 0. The van der Waals surface area contributed by atoms with Gasteiger partial charge in [-0.15, -0.1) is 0 Å². The first-order valence-corrected chi connectivity index (χ1v) is 14.4. The molecule has 8 aromatic rings. The second-order valence-electron chi connectivity index (χ2n) is 10.6. The van der Waals surface area contributed by atoms with Gasteiger partial charge in [-0.2, -0.15) is 0 Å². The Morgan fingerprint density at radius 2 is 0.955 bits per heavy atom. The lowest BCUT2D eigenvalue weighted by Crippen LogP contribution is -2.01. The van der Waals surface area contributed by atoms with Crippen molar-refractivity contribution in [1.29, 1.82) is 0 Å². The number of aromatic nitrogens is 3. The van der Waals surface area contributed by atoms with Crippen molar-refractivity contribution < 1.29 is 9.52 Å². The quantitative estimate of drug-likeness (QED) is 0.224. The average molecular weight is 568 g/mol. The third-order valence-electron chi connectivity index (χ3n) is 7.83. The number of nitrogens with zero attached hydrogens (tertiary/aromatic N) is 3. The molecule has 0 atom stereocenters. The van der Waals surface area contributed by atoms with Gasteiger partial charge >= 0.3 is 0 Å². The molecule has 0 aliphatic heterocycles. The molecule has 0 amide bonds. The van der Waals surface area contributed by atoms with Crippen LogP contribution in [-0.2, 0) is 0 Å². The first kappa shape index (κ1) is 25.6. The maximum Gasteiger partial charge on any atom is 0.164 e. The van der Waals surface area contributed by atoms with E-state index in [1.165, 1.54) is 0 Å². The molecule has 5 heteroatoms. The van der Waals surface area contributed by atoms with Crippen LogP contribution >= 0.6 is 0 Å². The number of aromatic hydroxyl groups is 1. The number of rotatable bonds is 5. The molecule has 0 radical (unpaired) electrons. The molecule has 0 spiro atoms. The van der Waals surface area contributed by atoms with E-state index >= 15 is 0 Å². The van der Waals surface area contributed by atoms with Crippen molar-refractivity contribution in [1.82, 2.24) is 15.0 Å². The van der Waals surface area contributed by atoms with E-state index in [1.54, 1.807) is 0 Å². The van der Waals surface area contributed by atoms with Crippen LogP contribution in [0.3, 0.4) is 0 Å². The molecule has 0 bridgehead atoms. The Morgan fingerprint density at radius 1 is 0.409 bits per heavy atom. The van der Waals surface area contributed by atoms with Crippen LogP contribution in [0.5, 0.6) is 5.75 Å². The van der Waals surface area contributed by atoms with Crippen molar-refractivity contribution in [3.63, 3.8) is 0 Å². The van der Waals surface area contributed by atoms with Crippen molar-refractivity contribution in [2.75, 3.05) is 0 Å². The Hall–Kier alpha value is -6.07. The fourth-order valence-corrected chi connectivity index (χ4v) is 5.71. The number of para-hydroxylation sites is 1. The average Bonchev–Trinajstić information content (AvgIpc) is 3.47. The molecule has 0 saturated carbocycles. The monoisotopic (exact) mass is 567 g/mol. The number of benzene rings is 6. The number of furan rings is 1. The normalized spacial score (nSPS) is 11.3. The van der Waals surface area contributed by atoms with Crippen molar-refractivity contribution in [3.8, 4) is 62.2 Å². The van der Waals surface area contributed by atoms with Crippen molar-refractivity contribution in [3.05, 3.63) is 146 Å². The van der Waals surface area contributed by atoms with Crippen molar-refractivity contribution >= 4 is 21.9 Å². The summed E-state index contributed by atoms with van der Waals surface area (Å²) in [6, 6.07) is 47.6. The lowest BCUT2D eigenvalue weighted by atomic mass is 9.92. The molecule has 0 aliphatic rings. The summed E-state index contributed by atoms with van der Waals surface area (Å²) in [5.41, 5.74) is 7.44. The van der Waals surface area contributed by atoms with E-state index in [0.29, 0.717) is 28.6 Å². The molecule has 0 unspecified atom stereocenters. The Kier molecular flexibility index (Phi) is 6.20. The van der Waals surface area contributed by atoms with E-state index in [0.717, 1.165) is 49.8 Å². The van der Waals surface area contributed by atoms with Gasteiger partial charge in [0.25, 0.3) is 0 Å². The van der Waals surface area contributed by atoms with E-state index in [2.05, 4.69) is 18.2 Å². The summed E-state index contributed by atoms with van der Waals surface area (Å²) in [5, 5.41) is 13.7. The molecule has 1 N–H and O–H groups in total. The van der Waals surface area contributed by atoms with Gasteiger partial charge in [0.2, 0.25) is 0 Å². The van der Waals surface area contributed by atoms with Gasteiger partial charge in [0.15, 0.2) is 17.5 Å². The van der Waals surface area contributed by atoms with Crippen molar-refractivity contribution in [2.24, 2.45) is 0 Å². The van der Waals surface area contributed by atoms with Crippen molar-refractivity contribution in [2.45, 2.75) is 0 Å². The first-order valence-electron chi connectivity index (χ1n) is 14.4. The van der Waals surface area contributed by atoms with E-state index in [9.17, 15) is 5.11 Å². The molecular formula is C39H25N3O2. The van der Waals surface area contributed by atoms with Gasteiger partial charge in [0.1, 0.15) is 16.9 Å². The van der Waals surface area contributed by atoms with Gasteiger partial charge < -0.3 is 9.52 Å². The number of hydrogen-bond acceptors (Lipinski definition) is 5. The van der Waals surface area contributed by atoms with Gasteiger partial charge in [0, 0.05) is 33.0 Å². The zero-order valence-electron chi connectivity index (χ0n) is 23.6. The second kappa shape index (κ2) is 10.6. The Bertz CT molecular complexity index is 2220. The minimum atomic E-state index is 0.142. The van der Waals surface area contributed by atoms with Gasteiger partial charge in [-0.3, -0.25) is 0 Å². The number of fused-ring (bicyclic) bond motifs is 3. The van der Waals surface area contributed by atoms with E-state index in [-0.39, 0.29) is 5.75 Å². The van der Waals surface area contributed by atoms with Crippen LogP contribution in [0, 0.1) is 0 Å². The number of phenols is 1. The van der Waals surface area contributed by atoms with Crippen LogP contribution < -0.4 is 0 Å². The summed E-state index contributed by atoms with van der Waals surface area (Å²) in [4.78, 5) is 14.9. The van der Waals surface area contributed by atoms with Gasteiger partial charge in [-0.05, 0) is 47.0 Å². The lowest BCUT2D eigenvalue weighted by Gasteiger charge is -2.16. The third kappa shape index (κ3) is 4.57. The Morgan fingerprint density at radius 3 is 1.61 bits per heavy atom. The highest BCUT2D eigenvalue weighted by atomic mass is 16.3. The van der Waals surface area contributed by atoms with E-state index in [1.807, 2.05) is 127 Å². The lowest BCUT2D eigenvalue weighted by molar-refractivity contribution is 0.478. The van der Waals surface area contributed by atoms with Crippen LogP contribution in [0.2, 0.25) is 0 Å². The van der Waals surface area contributed by atoms with E-state index in [4.69, 9.17) is 19.4 Å². The fraction of sp³-hybridized carbons (Fsp3) is 0. The van der Waals surface area contributed by atoms with Crippen LogP contribution in [0.15, 0.2) is 150 Å². The van der Waals surface area contributed by atoms with Gasteiger partial charge in [-0.1, -0.05) is 115 Å². The van der Waals surface area contributed by atoms with E-state index < -0.39 is 0 Å². The smallest absolute Gasteiger partial charge is 0.164 e. The summed E-state index contributed by atoms with van der Waals surface area (Å²) in [5.74, 6) is 1.74. The Labute approximate surface area is 253 Å². The maximum atomic E-state index is 11.7. The topological polar surface area (TPSA) is 72.0 Å². The number of phenolic OH excluding ortho intramolecular Hbond substituents is 1. The zero-order chi connectivity index (χ0) is 29.5. The Balaban J connectivity index is 1.39. The molecule has 2 heterocycles. The second-order valence-corrected chi connectivity index (χ2v) is 10.6. The van der Waals surface area contributed by atoms with Crippen LogP contribution in [-0.4, -0.2) is 20.1 Å². The third-order valence-corrected chi connectivity index (χ3v) is 7.83. The van der Waals surface area contributed by atoms with Crippen LogP contribution in [0.25, 0.3) is 78.4 Å². The highest BCUT2D eigenvalue weighted by molar-refractivity contribution is 6.06. The minimum absolute atomic E-state index is 0.142. The molecule has 44 heavy (non-hydrogen) atoms. The molecule has 0 saturated heterocycles. The molecule has 5 nitrogen and oxygen atoms in total. The molecular weight excluding hydrogens is 542 g/mol. The number of hydrogen-bond donors (Lipinski definition) is 1. The molecule has 6 aromatic carbocycles. The standard InChI is InChI=1S/C39H25N3O2/c43-33-24-29(28-20-21-35-31(22-28)30-18-10-11-19-34(30)44-35)23-32(36(33)25-12-4-1-5-13-25)39-41-37(26-14-6-2-7-15-26)40-38(42-39)27-16-8-3-9-17-27/h1-24,43H. The van der Waals surface area contributed by atoms with Gasteiger partial charge in [-0.25, -0.2) is 15.0 Å². The first-order chi connectivity index (χ1) is 21.7. The molecule has 0 aliphatic carbocycles. The summed E-state index contributed by atoms with van der Waals surface area (Å²) >= 11 is 0. The predicted octanol–water partition coefficient (Wildman–Crippen LogP) is 9.81. The van der Waals surface area contributed by atoms with Crippen LogP contribution in [0.4, 0.5) is 0 Å². The molecule has 2 aromatic heterocycles. The maximum absolute atomic E-state index is 11.7. The zero-order valence-corrected chi connectivity index (χ0v) is 23.6. The molecule has 208 valence electrons. The highest BCUT2D eigenvalue weighted by Crippen LogP contribution is 2.42. The highest BCUT2D eigenvalue weighted by Gasteiger charge is 2.20. The predicted molar refractivity (Wildman–Crippen MR) is 176 cm³/mol. The molecule has 8 rings (SSSR count). The summed E-state index contributed by atoms with van der Waals surface area (Å²) in [6.45, 7) is 0. The SMILES string of the molecule is Oc1cc(-c2ccc3oc4ccccc4c3c2)cc(-c2nc(-c3ccccc3)nc(-c3ccccc3)n2)c1-c1ccccc1. The summed E-state index contributed by atoms with van der Waals surface area (Å²) < 4.78 is 6.07. The summed E-state index contributed by atoms with van der Waals surface area (Å²) in [7, 11) is 0. The van der Waals surface area contributed by atoms with Crippen LogP contribution in [0.1, 0.15) is 0 Å². The molecule has 0 fully saturated rings. The van der Waals surface area contributed by atoms with Gasteiger partial charge in [0.05, 0.1) is 0 Å². The minimum Gasteiger partial charge on any atom is -0.507 e. The fourth-order valence-electron chi connectivity index (χ4n) is 5.71.